The van der Waals surface area contributed by atoms with Crippen molar-refractivity contribution >= 4 is 36.1 Å². The number of carbonyl (C=O) groups excluding carboxylic acids is 2. The van der Waals surface area contributed by atoms with Gasteiger partial charge in [-0.2, -0.15) is 8.78 Å². The van der Waals surface area contributed by atoms with Gasteiger partial charge in [-0.05, 0) is 58.6 Å². The van der Waals surface area contributed by atoms with Crippen LogP contribution < -0.4 is 16.1 Å². The van der Waals surface area contributed by atoms with Crippen LogP contribution >= 0.6 is 7.60 Å². The Balaban J connectivity index is 1.88. The van der Waals surface area contributed by atoms with Crippen molar-refractivity contribution in [1.29, 1.82) is 0 Å². The van der Waals surface area contributed by atoms with Gasteiger partial charge in [-0.3, -0.25) is 23.5 Å². The molecule has 240 valence electrons. The summed E-state index contributed by atoms with van der Waals surface area (Å²) in [7, 11) is -5.73. The van der Waals surface area contributed by atoms with Gasteiger partial charge in [0.05, 0.1) is 23.2 Å². The molecule has 1 aromatic carbocycles. The van der Waals surface area contributed by atoms with E-state index < -0.39 is 60.7 Å². The molecule has 0 saturated heterocycles. The summed E-state index contributed by atoms with van der Waals surface area (Å²) < 4.78 is 67.3. The minimum Gasteiger partial charge on any atom is -0.438 e. The second-order valence-corrected chi connectivity index (χ2v) is 13.8. The lowest BCUT2D eigenvalue weighted by molar-refractivity contribution is -0.160. The highest BCUT2D eigenvalue weighted by Gasteiger charge is 2.52. The molecule has 0 aliphatic heterocycles. The lowest BCUT2D eigenvalue weighted by Crippen LogP contribution is -2.39. The second-order valence-electron chi connectivity index (χ2n) is 11.9. The Kier molecular flexibility index (Phi) is 11.1. The first-order valence-corrected chi connectivity index (χ1v) is 16.1. The third-order valence-corrected chi connectivity index (χ3v) is 9.01. The molecular weight excluding hydrogens is 590 g/mol. The van der Waals surface area contributed by atoms with E-state index >= 15 is 4.39 Å². The number of alkyl halides is 2. The summed E-state index contributed by atoms with van der Waals surface area (Å²) in [4.78, 5) is 48.0. The molecule has 1 aliphatic rings. The van der Waals surface area contributed by atoms with Gasteiger partial charge in [0.15, 0.2) is 0 Å². The van der Waals surface area contributed by atoms with E-state index in [9.17, 15) is 32.6 Å². The van der Waals surface area contributed by atoms with E-state index in [2.05, 4.69) is 14.6 Å². The van der Waals surface area contributed by atoms with Gasteiger partial charge in [-0.15, -0.1) is 0 Å². The van der Waals surface area contributed by atoms with Crippen molar-refractivity contribution in [3.63, 3.8) is 0 Å². The third kappa shape index (κ3) is 8.19. The van der Waals surface area contributed by atoms with Crippen LogP contribution in [0.25, 0.3) is 10.9 Å². The fourth-order valence-corrected chi connectivity index (χ4v) is 5.60. The quantitative estimate of drug-likeness (QED) is 0.141. The molecule has 43 heavy (non-hydrogen) atoms. The number of nitrogens with zero attached hydrogens (tertiary/aromatic N) is 1. The maximum absolute atomic E-state index is 15.2. The molecule has 1 heterocycles. The molecule has 1 fully saturated rings. The van der Waals surface area contributed by atoms with Crippen LogP contribution in [0.15, 0.2) is 23.1 Å². The molecule has 0 radical (unpaired) electrons. The Morgan fingerprint density at radius 2 is 1.77 bits per heavy atom. The first-order chi connectivity index (χ1) is 20.0. The number of pyridine rings is 1. The zero-order valence-corrected chi connectivity index (χ0v) is 26.1. The number of nitrogens with one attached hydrogen (secondary N) is 2. The second kappa shape index (κ2) is 13.8. The molecule has 0 spiro atoms. The van der Waals surface area contributed by atoms with Gasteiger partial charge in [0.2, 0.25) is 12.2 Å². The molecule has 14 heteroatoms. The van der Waals surface area contributed by atoms with E-state index in [0.717, 1.165) is 38.2 Å². The summed E-state index contributed by atoms with van der Waals surface area (Å²) in [5, 5.41) is 4.96. The van der Waals surface area contributed by atoms with Crippen molar-refractivity contribution in [1.82, 2.24) is 9.88 Å². The molecule has 1 aromatic heterocycles. The number of hydrogen-bond acceptors (Lipinski definition) is 7. The molecule has 10 nitrogen and oxygen atoms in total. The molecule has 0 bridgehead atoms. The number of carbonyl (C=O) groups is 2. The smallest absolute Gasteiger partial charge is 0.401 e. The summed E-state index contributed by atoms with van der Waals surface area (Å²) in [6, 6.07) is 2.48. The van der Waals surface area contributed by atoms with E-state index in [0.29, 0.717) is 18.4 Å². The molecule has 1 amide bonds. The number of esters is 1. The van der Waals surface area contributed by atoms with Crippen LogP contribution in [-0.2, 0) is 18.6 Å². The van der Waals surface area contributed by atoms with Crippen molar-refractivity contribution in [2.75, 3.05) is 18.7 Å². The Morgan fingerprint density at radius 1 is 1.14 bits per heavy atom. The minimum absolute atomic E-state index is 0.0951. The Bertz CT molecular complexity index is 1430. The SMILES string of the molecule is CCC(CC)n1cc(C(=O)NCC(F)(F)P(=O)(O)OCOC(=O)C(C)(C)C)c(=O)c2cc(F)c(NC3CCCCC3)cc21. The summed E-state index contributed by atoms with van der Waals surface area (Å²) in [6.45, 7) is 5.41. The van der Waals surface area contributed by atoms with Crippen molar-refractivity contribution in [3.8, 4) is 0 Å². The number of rotatable bonds is 12. The van der Waals surface area contributed by atoms with Crippen molar-refractivity contribution in [2.24, 2.45) is 5.41 Å². The number of benzene rings is 1. The predicted octanol–water partition coefficient (Wildman–Crippen LogP) is 6.32. The average molecular weight is 632 g/mol. The van der Waals surface area contributed by atoms with E-state index in [1.165, 1.54) is 27.0 Å². The first-order valence-electron chi connectivity index (χ1n) is 14.5. The Morgan fingerprint density at radius 3 is 2.35 bits per heavy atom. The Labute approximate surface area is 248 Å². The van der Waals surface area contributed by atoms with Gasteiger partial charge >= 0.3 is 19.2 Å². The van der Waals surface area contributed by atoms with Gasteiger partial charge in [-0.1, -0.05) is 33.1 Å². The number of anilines is 1. The fourth-order valence-electron chi connectivity index (χ4n) is 4.94. The number of ether oxygens (including phenoxy) is 1. The molecule has 2 aromatic rings. The van der Waals surface area contributed by atoms with Crippen molar-refractivity contribution < 1.29 is 41.5 Å². The highest BCUT2D eigenvalue weighted by Crippen LogP contribution is 2.57. The van der Waals surface area contributed by atoms with Crippen molar-refractivity contribution in [2.45, 2.75) is 97.3 Å². The van der Waals surface area contributed by atoms with Crippen LogP contribution in [0.4, 0.5) is 18.9 Å². The molecule has 3 rings (SSSR count). The van der Waals surface area contributed by atoms with Gasteiger partial charge in [0, 0.05) is 23.7 Å². The van der Waals surface area contributed by atoms with Crippen LogP contribution in [0.3, 0.4) is 0 Å². The van der Waals surface area contributed by atoms with E-state index in [1.54, 1.807) is 10.6 Å². The van der Waals surface area contributed by atoms with Gasteiger partial charge in [0.25, 0.3) is 5.91 Å². The van der Waals surface area contributed by atoms with E-state index in [4.69, 9.17) is 0 Å². The third-order valence-electron chi connectivity index (χ3n) is 7.57. The highest BCUT2D eigenvalue weighted by atomic mass is 31.2. The first kappa shape index (κ1) is 34.6. The van der Waals surface area contributed by atoms with Gasteiger partial charge in [-0.25, -0.2) is 4.39 Å². The number of hydrogen-bond donors (Lipinski definition) is 3. The lowest BCUT2D eigenvalue weighted by atomic mass is 9.95. The van der Waals surface area contributed by atoms with Crippen LogP contribution in [-0.4, -0.2) is 46.4 Å². The zero-order valence-electron chi connectivity index (χ0n) is 25.2. The maximum Gasteiger partial charge on any atom is 0.401 e. The number of amides is 1. The molecule has 1 aliphatic carbocycles. The van der Waals surface area contributed by atoms with Crippen LogP contribution in [0, 0.1) is 11.2 Å². The standard InChI is InChI=1S/C29H41F3N3O7P/c1-6-19(7-2)35-15-21(25(36)20-13-22(30)23(14-24(20)35)34-18-11-9-8-10-12-18)26(37)33-16-29(31,32)43(39,40)42-17-41-27(38)28(3,4)5/h13-15,18-19,34H,6-12,16-17H2,1-5H3,(H,33,37)(H,39,40). The van der Waals surface area contributed by atoms with Gasteiger partial charge < -0.3 is 24.8 Å². The summed E-state index contributed by atoms with van der Waals surface area (Å²) in [6.07, 6.45) is 7.43. The summed E-state index contributed by atoms with van der Waals surface area (Å²) in [5.41, 5.74) is -6.28. The fraction of sp³-hybridized carbons (Fsp3) is 0.621. The molecule has 1 atom stereocenters. The summed E-state index contributed by atoms with van der Waals surface area (Å²) >= 11 is 0. The largest absolute Gasteiger partial charge is 0.438 e. The zero-order chi connectivity index (χ0) is 32.2. The topological polar surface area (TPSA) is 136 Å². The van der Waals surface area contributed by atoms with Crippen LogP contribution in [0.5, 0.6) is 0 Å². The molecule has 1 unspecified atom stereocenters. The number of aromatic nitrogens is 1. The van der Waals surface area contributed by atoms with E-state index in [-0.39, 0.29) is 23.2 Å². The Hall–Kier alpha value is -2.89. The molecule has 3 N–H and O–H groups in total. The maximum atomic E-state index is 15.2. The summed E-state index contributed by atoms with van der Waals surface area (Å²) in [5.74, 6) is -2.77. The predicted molar refractivity (Wildman–Crippen MR) is 157 cm³/mol. The van der Waals surface area contributed by atoms with Crippen LogP contribution in [0.1, 0.15) is 96.0 Å². The normalized spacial score (nSPS) is 16.2. The van der Waals surface area contributed by atoms with Gasteiger partial charge in [0.1, 0.15) is 11.4 Å². The lowest BCUT2D eigenvalue weighted by Gasteiger charge is -2.26. The van der Waals surface area contributed by atoms with Crippen LogP contribution in [0.2, 0.25) is 0 Å². The minimum atomic E-state index is -5.73. The average Bonchev–Trinajstić information content (AvgIpc) is 2.94. The monoisotopic (exact) mass is 631 g/mol. The molecular formula is C29H41F3N3O7P. The van der Waals surface area contributed by atoms with E-state index in [1.807, 2.05) is 19.2 Å². The number of halogens is 3. The highest BCUT2D eigenvalue weighted by molar-refractivity contribution is 7.54. The number of fused-ring (bicyclic) bond motifs is 1. The van der Waals surface area contributed by atoms with Crippen molar-refractivity contribution in [3.05, 3.63) is 39.9 Å². The molecule has 1 saturated carbocycles.